The van der Waals surface area contributed by atoms with Gasteiger partial charge in [0.25, 0.3) is 0 Å². The lowest BCUT2D eigenvalue weighted by Gasteiger charge is -2.27. The van der Waals surface area contributed by atoms with Crippen LogP contribution < -0.4 is 10.2 Å². The van der Waals surface area contributed by atoms with Gasteiger partial charge in [-0.05, 0) is 17.7 Å². The Kier molecular flexibility index (Phi) is 3.99. The summed E-state index contributed by atoms with van der Waals surface area (Å²) in [5.41, 5.74) is 1.04. The van der Waals surface area contributed by atoms with Crippen LogP contribution in [0.15, 0.2) is 24.3 Å². The van der Waals surface area contributed by atoms with Crippen molar-refractivity contribution in [2.24, 2.45) is 0 Å². The second-order valence-corrected chi connectivity index (χ2v) is 4.34. The molecule has 1 aromatic carbocycles. The highest BCUT2D eigenvalue weighted by molar-refractivity contribution is 6.02. The summed E-state index contributed by atoms with van der Waals surface area (Å²) in [6, 6.07) is 6.36. The molecule has 1 aromatic rings. The first kappa shape index (κ1) is 14.0. The number of benzene rings is 1. The van der Waals surface area contributed by atoms with E-state index in [1.165, 1.54) is 7.11 Å². The van der Waals surface area contributed by atoms with Crippen molar-refractivity contribution in [2.45, 2.75) is 6.10 Å². The Morgan fingerprint density at radius 1 is 1.25 bits per heavy atom. The van der Waals surface area contributed by atoms with Crippen molar-refractivity contribution in [2.75, 3.05) is 25.1 Å². The van der Waals surface area contributed by atoms with E-state index in [4.69, 9.17) is 0 Å². The molecule has 0 spiro atoms. The molecule has 1 heterocycles. The van der Waals surface area contributed by atoms with E-state index in [-0.39, 0.29) is 24.9 Å². The molecule has 2 amide bonds. The average Bonchev–Trinajstić information content (AvgIpc) is 2.45. The van der Waals surface area contributed by atoms with E-state index in [1.54, 1.807) is 29.2 Å². The van der Waals surface area contributed by atoms with Crippen molar-refractivity contribution in [1.29, 1.82) is 0 Å². The number of nitrogens with one attached hydrogen (secondary N) is 1. The Hall–Kier alpha value is -2.41. The molecular formula is C13H14N2O5. The van der Waals surface area contributed by atoms with Gasteiger partial charge in [-0.2, -0.15) is 0 Å². The second kappa shape index (κ2) is 5.70. The number of methoxy groups -OCH3 is 1. The van der Waals surface area contributed by atoms with Crippen molar-refractivity contribution < 1.29 is 24.2 Å². The third-order valence-corrected chi connectivity index (χ3v) is 2.95. The van der Waals surface area contributed by atoms with Gasteiger partial charge in [-0.3, -0.25) is 14.9 Å². The molecule has 0 aliphatic carbocycles. The first-order valence-electron chi connectivity index (χ1n) is 5.94. The van der Waals surface area contributed by atoms with Crippen LogP contribution in [-0.2, 0) is 19.1 Å². The van der Waals surface area contributed by atoms with Crippen LogP contribution in [0.1, 0.15) is 11.7 Å². The molecule has 1 saturated heterocycles. The molecule has 20 heavy (non-hydrogen) atoms. The summed E-state index contributed by atoms with van der Waals surface area (Å²) in [5, 5.41) is 11.9. The molecule has 106 valence electrons. The Morgan fingerprint density at radius 2 is 1.80 bits per heavy atom. The molecule has 1 aliphatic rings. The number of rotatable bonds is 3. The zero-order valence-corrected chi connectivity index (χ0v) is 10.8. The quantitative estimate of drug-likeness (QED) is 0.564. The van der Waals surface area contributed by atoms with Gasteiger partial charge >= 0.3 is 5.97 Å². The fourth-order valence-corrected chi connectivity index (χ4v) is 1.93. The second-order valence-electron chi connectivity index (χ2n) is 4.34. The summed E-state index contributed by atoms with van der Waals surface area (Å²) in [6.07, 6.45) is -1.35. The monoisotopic (exact) mass is 278 g/mol. The van der Waals surface area contributed by atoms with E-state index in [1.807, 2.05) is 0 Å². The lowest BCUT2D eigenvalue weighted by atomic mass is 10.1. The van der Waals surface area contributed by atoms with E-state index in [2.05, 4.69) is 10.1 Å². The van der Waals surface area contributed by atoms with Gasteiger partial charge < -0.3 is 14.7 Å². The number of ether oxygens (including phenoxy) is 1. The van der Waals surface area contributed by atoms with Crippen molar-refractivity contribution in [3.8, 4) is 0 Å². The molecule has 1 atom stereocenters. The number of hydrogen-bond donors (Lipinski definition) is 2. The molecular weight excluding hydrogens is 264 g/mol. The fourth-order valence-electron chi connectivity index (χ4n) is 1.93. The number of aliphatic hydroxyl groups excluding tert-OH is 1. The molecule has 0 radical (unpaired) electrons. The van der Waals surface area contributed by atoms with Gasteiger partial charge in [-0.25, -0.2) is 4.79 Å². The number of esters is 1. The molecule has 2 rings (SSSR count). The van der Waals surface area contributed by atoms with Crippen LogP contribution >= 0.6 is 0 Å². The van der Waals surface area contributed by atoms with Gasteiger partial charge in [-0.15, -0.1) is 0 Å². The SMILES string of the molecule is COC(=O)C(O)c1ccc(N2CC(=O)NC(=O)C2)cc1. The highest BCUT2D eigenvalue weighted by atomic mass is 16.5. The molecule has 7 nitrogen and oxygen atoms in total. The first-order chi connectivity index (χ1) is 9.51. The Morgan fingerprint density at radius 3 is 2.30 bits per heavy atom. The zero-order chi connectivity index (χ0) is 14.7. The molecule has 2 N–H and O–H groups in total. The van der Waals surface area contributed by atoms with Crippen molar-refractivity contribution >= 4 is 23.5 Å². The van der Waals surface area contributed by atoms with Crippen LogP contribution in [0.3, 0.4) is 0 Å². The molecule has 0 saturated carbocycles. The molecule has 1 aliphatic heterocycles. The predicted octanol–water partition coefficient (Wildman–Crippen LogP) is -0.644. The molecule has 1 fully saturated rings. The zero-order valence-electron chi connectivity index (χ0n) is 10.8. The van der Waals surface area contributed by atoms with Gasteiger partial charge in [0.2, 0.25) is 11.8 Å². The van der Waals surface area contributed by atoms with Crippen LogP contribution in [0.4, 0.5) is 5.69 Å². The number of amides is 2. The van der Waals surface area contributed by atoms with Gasteiger partial charge in [0.15, 0.2) is 6.10 Å². The van der Waals surface area contributed by atoms with Crippen LogP contribution in [-0.4, -0.2) is 43.1 Å². The first-order valence-corrected chi connectivity index (χ1v) is 5.94. The molecule has 7 heteroatoms. The van der Waals surface area contributed by atoms with Gasteiger partial charge in [0.1, 0.15) is 0 Å². The van der Waals surface area contributed by atoms with Crippen LogP contribution in [0.25, 0.3) is 0 Å². The summed E-state index contributed by atoms with van der Waals surface area (Å²) < 4.78 is 4.44. The maximum absolute atomic E-state index is 11.3. The van der Waals surface area contributed by atoms with Crippen LogP contribution in [0, 0.1) is 0 Å². The van der Waals surface area contributed by atoms with Gasteiger partial charge in [0.05, 0.1) is 20.2 Å². The summed E-state index contributed by atoms with van der Waals surface area (Å²) >= 11 is 0. The number of carbonyl (C=O) groups excluding carboxylic acids is 3. The van der Waals surface area contributed by atoms with E-state index in [0.717, 1.165) is 0 Å². The van der Waals surface area contributed by atoms with Gasteiger partial charge in [-0.1, -0.05) is 12.1 Å². The number of aliphatic hydroxyl groups is 1. The lowest BCUT2D eigenvalue weighted by Crippen LogP contribution is -2.51. The fraction of sp³-hybridized carbons (Fsp3) is 0.308. The number of carbonyl (C=O) groups is 3. The minimum absolute atomic E-state index is 0.0879. The Balaban J connectivity index is 2.13. The minimum atomic E-state index is -1.35. The molecule has 0 aromatic heterocycles. The van der Waals surface area contributed by atoms with Gasteiger partial charge in [0, 0.05) is 5.69 Å². The number of nitrogens with zero attached hydrogens (tertiary/aromatic N) is 1. The predicted molar refractivity (Wildman–Crippen MR) is 68.8 cm³/mol. The third kappa shape index (κ3) is 2.94. The minimum Gasteiger partial charge on any atom is -0.467 e. The maximum atomic E-state index is 11.3. The smallest absolute Gasteiger partial charge is 0.339 e. The number of hydrogen-bond acceptors (Lipinski definition) is 6. The van der Waals surface area contributed by atoms with Crippen LogP contribution in [0.2, 0.25) is 0 Å². The van der Waals surface area contributed by atoms with E-state index in [0.29, 0.717) is 11.3 Å². The Bertz CT molecular complexity index is 524. The number of piperazine rings is 1. The lowest BCUT2D eigenvalue weighted by molar-refractivity contribution is -0.150. The van der Waals surface area contributed by atoms with Crippen LogP contribution in [0.5, 0.6) is 0 Å². The normalized spacial score (nSPS) is 16.6. The highest BCUT2D eigenvalue weighted by Gasteiger charge is 2.23. The summed E-state index contributed by atoms with van der Waals surface area (Å²) in [5.74, 6) is -1.47. The Labute approximate surface area is 115 Å². The topological polar surface area (TPSA) is 95.9 Å². The summed E-state index contributed by atoms with van der Waals surface area (Å²) in [7, 11) is 1.19. The molecule has 1 unspecified atom stereocenters. The largest absolute Gasteiger partial charge is 0.467 e. The summed E-state index contributed by atoms with van der Waals surface area (Å²) in [4.78, 5) is 35.4. The highest BCUT2D eigenvalue weighted by Crippen LogP contribution is 2.20. The van der Waals surface area contributed by atoms with Crippen molar-refractivity contribution in [3.63, 3.8) is 0 Å². The van der Waals surface area contributed by atoms with Crippen molar-refractivity contribution in [1.82, 2.24) is 5.32 Å². The molecule has 0 bridgehead atoms. The standard InChI is InChI=1S/C13H14N2O5/c1-20-13(19)12(18)8-2-4-9(5-3-8)15-6-10(16)14-11(17)7-15/h2-5,12,18H,6-7H2,1H3,(H,14,16,17). The third-order valence-electron chi connectivity index (χ3n) is 2.95. The number of imide groups is 1. The maximum Gasteiger partial charge on any atom is 0.339 e. The average molecular weight is 278 g/mol. The summed E-state index contributed by atoms with van der Waals surface area (Å²) in [6.45, 7) is 0.176. The van der Waals surface area contributed by atoms with E-state index >= 15 is 0 Å². The number of anilines is 1. The van der Waals surface area contributed by atoms with E-state index < -0.39 is 12.1 Å². The van der Waals surface area contributed by atoms with E-state index in [9.17, 15) is 19.5 Å². The van der Waals surface area contributed by atoms with Crippen molar-refractivity contribution in [3.05, 3.63) is 29.8 Å².